The minimum atomic E-state index is -0.906. The molecule has 25 heavy (non-hydrogen) atoms. The van der Waals surface area contributed by atoms with Crippen molar-refractivity contribution in [1.82, 2.24) is 5.32 Å². The number of amides is 1. The van der Waals surface area contributed by atoms with Crippen molar-refractivity contribution in [2.45, 2.75) is 30.2 Å². The van der Waals surface area contributed by atoms with E-state index >= 15 is 0 Å². The van der Waals surface area contributed by atoms with E-state index in [4.69, 9.17) is 9.84 Å². The van der Waals surface area contributed by atoms with Gasteiger partial charge in [0.15, 0.2) is 0 Å². The van der Waals surface area contributed by atoms with E-state index in [2.05, 4.69) is 5.32 Å². The molecule has 0 aliphatic carbocycles. The fourth-order valence-corrected chi connectivity index (χ4v) is 3.12. The molecule has 0 aliphatic heterocycles. The summed E-state index contributed by atoms with van der Waals surface area (Å²) < 4.78 is 5.07. The maximum Gasteiger partial charge on any atom is 0.316 e. The number of carboxylic acid groups (broad SMARTS) is 1. The first-order chi connectivity index (χ1) is 12.0. The van der Waals surface area contributed by atoms with E-state index in [0.717, 1.165) is 22.9 Å². The molecule has 2 aromatic carbocycles. The van der Waals surface area contributed by atoms with Crippen molar-refractivity contribution in [1.29, 1.82) is 0 Å². The highest BCUT2D eigenvalue weighted by atomic mass is 32.2. The molecule has 1 atom stereocenters. The number of carbonyl (C=O) groups is 2. The number of ether oxygens (including phenoxy) is 1. The predicted molar refractivity (Wildman–Crippen MR) is 97.7 cm³/mol. The third-order valence-electron chi connectivity index (χ3n) is 3.57. The van der Waals surface area contributed by atoms with Crippen LogP contribution in [0.3, 0.4) is 0 Å². The number of methoxy groups -OCH3 is 1. The van der Waals surface area contributed by atoms with Crippen molar-refractivity contribution in [3.8, 4) is 0 Å². The van der Waals surface area contributed by atoms with Crippen LogP contribution in [0.1, 0.15) is 28.4 Å². The zero-order chi connectivity index (χ0) is 18.2. The van der Waals surface area contributed by atoms with Crippen molar-refractivity contribution in [2.75, 3.05) is 7.11 Å². The molecule has 0 fully saturated rings. The van der Waals surface area contributed by atoms with Crippen molar-refractivity contribution in [3.63, 3.8) is 0 Å². The molecule has 0 aliphatic rings. The topological polar surface area (TPSA) is 75.6 Å². The van der Waals surface area contributed by atoms with Crippen LogP contribution in [-0.4, -0.2) is 29.3 Å². The summed E-state index contributed by atoms with van der Waals surface area (Å²) in [6.45, 7) is 2.56. The third-order valence-corrected chi connectivity index (χ3v) is 4.74. The highest BCUT2D eigenvalue weighted by Gasteiger charge is 2.17. The summed E-state index contributed by atoms with van der Waals surface area (Å²) in [6, 6.07) is 14.8. The van der Waals surface area contributed by atoms with Gasteiger partial charge >= 0.3 is 5.97 Å². The Kier molecular flexibility index (Phi) is 7.03. The van der Waals surface area contributed by atoms with E-state index in [1.165, 1.54) is 0 Å². The lowest BCUT2D eigenvalue weighted by molar-refractivity contribution is -0.136. The second kappa shape index (κ2) is 9.25. The number of hydrogen-bond acceptors (Lipinski definition) is 4. The average molecular weight is 359 g/mol. The highest BCUT2D eigenvalue weighted by Crippen LogP contribution is 2.27. The maximum absolute atomic E-state index is 12.5. The minimum absolute atomic E-state index is 0.221. The summed E-state index contributed by atoms with van der Waals surface area (Å²) in [4.78, 5) is 24.2. The number of carboxylic acids is 1. The molecule has 2 aromatic rings. The Labute approximate surface area is 151 Å². The van der Waals surface area contributed by atoms with Gasteiger partial charge in [-0.3, -0.25) is 9.59 Å². The van der Waals surface area contributed by atoms with Gasteiger partial charge in [-0.1, -0.05) is 36.4 Å². The summed E-state index contributed by atoms with van der Waals surface area (Å²) in [7, 11) is 1.65. The lowest BCUT2D eigenvalue weighted by Crippen LogP contribution is -2.23. The normalized spacial score (nSPS) is 11.8. The maximum atomic E-state index is 12.5. The fraction of sp³-hybridized carbons (Fsp3) is 0.263. The van der Waals surface area contributed by atoms with Crippen LogP contribution in [0.15, 0.2) is 53.4 Å². The molecule has 6 heteroatoms. The number of benzene rings is 2. The molecule has 1 unspecified atom stereocenters. The highest BCUT2D eigenvalue weighted by molar-refractivity contribution is 8.00. The number of rotatable bonds is 8. The molecule has 0 saturated heterocycles. The van der Waals surface area contributed by atoms with Gasteiger partial charge in [-0.05, 0) is 30.2 Å². The summed E-state index contributed by atoms with van der Waals surface area (Å²) in [5.74, 6) is -1.13. The van der Waals surface area contributed by atoms with Crippen molar-refractivity contribution >= 4 is 23.6 Å². The number of nitrogens with one attached hydrogen (secondary N) is 1. The fourth-order valence-electron chi connectivity index (χ4n) is 2.20. The molecule has 0 heterocycles. The Morgan fingerprint density at radius 2 is 1.76 bits per heavy atom. The summed E-state index contributed by atoms with van der Waals surface area (Å²) in [6.07, 6.45) is 0. The zero-order valence-corrected chi connectivity index (χ0v) is 15.0. The van der Waals surface area contributed by atoms with Gasteiger partial charge in [0.1, 0.15) is 5.25 Å². The van der Waals surface area contributed by atoms with Crippen LogP contribution in [-0.2, 0) is 22.7 Å². The van der Waals surface area contributed by atoms with E-state index < -0.39 is 11.2 Å². The van der Waals surface area contributed by atoms with E-state index in [0.29, 0.717) is 23.6 Å². The van der Waals surface area contributed by atoms with Crippen LogP contribution in [0.4, 0.5) is 0 Å². The van der Waals surface area contributed by atoms with E-state index in [9.17, 15) is 9.59 Å². The summed E-state index contributed by atoms with van der Waals surface area (Å²) >= 11 is 1.16. The molecular weight excluding hydrogens is 338 g/mol. The minimum Gasteiger partial charge on any atom is -0.480 e. The van der Waals surface area contributed by atoms with Gasteiger partial charge in [0.2, 0.25) is 0 Å². The number of hydrogen-bond donors (Lipinski definition) is 2. The van der Waals surface area contributed by atoms with Crippen LogP contribution in [0.2, 0.25) is 0 Å². The largest absolute Gasteiger partial charge is 0.480 e. The lowest BCUT2D eigenvalue weighted by Gasteiger charge is -2.12. The Bertz CT molecular complexity index is 730. The molecule has 132 valence electrons. The molecule has 1 amide bonds. The Hall–Kier alpha value is -2.31. The first-order valence-electron chi connectivity index (χ1n) is 7.84. The van der Waals surface area contributed by atoms with Crippen LogP contribution in [0, 0.1) is 0 Å². The quantitative estimate of drug-likeness (QED) is 0.707. The van der Waals surface area contributed by atoms with Crippen molar-refractivity contribution < 1.29 is 19.4 Å². The number of carbonyl (C=O) groups excluding carboxylic acids is 1. The first-order valence-corrected chi connectivity index (χ1v) is 8.72. The second-order valence-corrected chi connectivity index (χ2v) is 6.91. The van der Waals surface area contributed by atoms with Crippen molar-refractivity contribution in [2.24, 2.45) is 0 Å². The second-order valence-electron chi connectivity index (χ2n) is 5.53. The number of thioether (sulfide) groups is 1. The predicted octanol–water partition coefficient (Wildman–Crippen LogP) is 3.33. The third kappa shape index (κ3) is 5.62. The first kappa shape index (κ1) is 19.0. The molecule has 2 N–H and O–H groups in total. The molecule has 0 radical (unpaired) electrons. The molecular formula is C19H21NO4S. The Balaban J connectivity index is 2.02. The van der Waals surface area contributed by atoms with Crippen LogP contribution in [0.5, 0.6) is 0 Å². The van der Waals surface area contributed by atoms with Gasteiger partial charge in [-0.2, -0.15) is 0 Å². The van der Waals surface area contributed by atoms with Crippen LogP contribution < -0.4 is 5.32 Å². The monoisotopic (exact) mass is 359 g/mol. The summed E-state index contributed by atoms with van der Waals surface area (Å²) in [5, 5.41) is 11.3. The molecule has 2 rings (SSSR count). The van der Waals surface area contributed by atoms with Gasteiger partial charge in [0.25, 0.3) is 5.91 Å². The smallest absolute Gasteiger partial charge is 0.316 e. The molecule has 5 nitrogen and oxygen atoms in total. The molecule has 0 saturated carbocycles. The van der Waals surface area contributed by atoms with E-state index in [1.807, 2.05) is 24.3 Å². The van der Waals surface area contributed by atoms with Crippen molar-refractivity contribution in [3.05, 3.63) is 65.2 Å². The molecule has 0 spiro atoms. The standard InChI is InChI=1S/C19H21NO4S/c1-13(19(22)23)25-17-6-4-3-5-16(17)18(21)20-11-14-7-9-15(10-8-14)12-24-2/h3-10,13H,11-12H2,1-2H3,(H,20,21)(H,22,23). The molecule has 0 bridgehead atoms. The molecule has 0 aromatic heterocycles. The van der Waals surface area contributed by atoms with Gasteiger partial charge in [-0.25, -0.2) is 0 Å². The van der Waals surface area contributed by atoms with Crippen LogP contribution in [0.25, 0.3) is 0 Å². The lowest BCUT2D eigenvalue weighted by atomic mass is 10.1. The van der Waals surface area contributed by atoms with Gasteiger partial charge in [0, 0.05) is 18.6 Å². The van der Waals surface area contributed by atoms with Gasteiger partial charge < -0.3 is 15.2 Å². The number of aliphatic carboxylic acids is 1. The van der Waals surface area contributed by atoms with Gasteiger partial charge in [0.05, 0.1) is 12.2 Å². The average Bonchev–Trinajstić information content (AvgIpc) is 2.61. The van der Waals surface area contributed by atoms with Gasteiger partial charge in [-0.15, -0.1) is 11.8 Å². The van der Waals surface area contributed by atoms with E-state index in [-0.39, 0.29) is 5.91 Å². The Morgan fingerprint density at radius 1 is 1.12 bits per heavy atom. The van der Waals surface area contributed by atoms with Crippen LogP contribution >= 0.6 is 11.8 Å². The summed E-state index contributed by atoms with van der Waals surface area (Å²) in [5.41, 5.74) is 2.54. The zero-order valence-electron chi connectivity index (χ0n) is 14.2. The SMILES string of the molecule is COCc1ccc(CNC(=O)c2ccccc2SC(C)C(=O)O)cc1. The van der Waals surface area contributed by atoms with E-state index in [1.54, 1.807) is 38.3 Å². The Morgan fingerprint density at radius 3 is 2.40 bits per heavy atom.